The zero-order chi connectivity index (χ0) is 11.9. The number of nitrogens with one attached hydrogen (secondary N) is 1. The molecular formula is C10H8ClF2N3. The molecule has 0 radical (unpaired) electrons. The molecule has 0 bridgehead atoms. The SMILES string of the molecule is Cc1cc(Cl)c(F)c(-c2cc(N)n[nH]2)c1F. The number of hydrogen-bond acceptors (Lipinski definition) is 2. The van der Waals surface area contributed by atoms with Crippen LogP contribution in [-0.2, 0) is 0 Å². The highest BCUT2D eigenvalue weighted by molar-refractivity contribution is 6.31. The first-order valence-corrected chi connectivity index (χ1v) is 4.84. The first kappa shape index (κ1) is 10.9. The van der Waals surface area contributed by atoms with E-state index in [4.69, 9.17) is 17.3 Å². The number of nitrogens with zero attached hydrogens (tertiary/aromatic N) is 1. The number of hydrogen-bond donors (Lipinski definition) is 2. The third-order valence-corrected chi connectivity index (χ3v) is 2.48. The summed E-state index contributed by atoms with van der Waals surface area (Å²) in [5.41, 5.74) is 5.55. The van der Waals surface area contributed by atoms with E-state index < -0.39 is 11.6 Å². The van der Waals surface area contributed by atoms with Crippen molar-refractivity contribution in [2.45, 2.75) is 6.92 Å². The molecule has 3 nitrogen and oxygen atoms in total. The molecule has 3 N–H and O–H groups in total. The number of aromatic amines is 1. The zero-order valence-electron chi connectivity index (χ0n) is 8.31. The van der Waals surface area contributed by atoms with E-state index >= 15 is 0 Å². The number of nitrogens with two attached hydrogens (primary N) is 1. The minimum absolute atomic E-state index is 0.137. The molecule has 6 heteroatoms. The first-order valence-electron chi connectivity index (χ1n) is 4.46. The van der Waals surface area contributed by atoms with Gasteiger partial charge in [-0.3, -0.25) is 5.10 Å². The average molecular weight is 244 g/mol. The maximum atomic E-state index is 13.8. The molecule has 1 heterocycles. The van der Waals surface area contributed by atoms with Gasteiger partial charge in [-0.2, -0.15) is 5.10 Å². The molecule has 0 saturated carbocycles. The molecule has 1 aromatic heterocycles. The van der Waals surface area contributed by atoms with Crippen molar-refractivity contribution in [2.75, 3.05) is 5.73 Å². The van der Waals surface area contributed by atoms with Crippen LogP contribution in [0.15, 0.2) is 12.1 Å². The van der Waals surface area contributed by atoms with Gasteiger partial charge in [-0.25, -0.2) is 8.78 Å². The molecule has 0 aliphatic carbocycles. The van der Waals surface area contributed by atoms with Crippen LogP contribution in [0.2, 0.25) is 5.02 Å². The summed E-state index contributed by atoms with van der Waals surface area (Å²) < 4.78 is 27.4. The third-order valence-electron chi connectivity index (χ3n) is 2.21. The van der Waals surface area contributed by atoms with Crippen LogP contribution in [0.5, 0.6) is 0 Å². The number of H-pyrrole nitrogens is 1. The number of nitrogen functional groups attached to an aromatic ring is 1. The van der Waals surface area contributed by atoms with Gasteiger partial charge in [0.25, 0.3) is 0 Å². The monoisotopic (exact) mass is 243 g/mol. The van der Waals surface area contributed by atoms with E-state index in [2.05, 4.69) is 10.2 Å². The maximum Gasteiger partial charge on any atom is 0.154 e. The van der Waals surface area contributed by atoms with Gasteiger partial charge in [0, 0.05) is 6.07 Å². The van der Waals surface area contributed by atoms with Crippen LogP contribution >= 0.6 is 11.6 Å². The van der Waals surface area contributed by atoms with Gasteiger partial charge in [0.05, 0.1) is 16.3 Å². The maximum absolute atomic E-state index is 13.8. The molecular weight excluding hydrogens is 236 g/mol. The van der Waals surface area contributed by atoms with Crippen molar-refractivity contribution < 1.29 is 8.78 Å². The lowest BCUT2D eigenvalue weighted by atomic mass is 10.1. The quantitative estimate of drug-likeness (QED) is 0.757. The standard InChI is InChI=1S/C10H8ClF2N3/c1-4-2-5(11)10(13)8(9(4)12)6-3-7(14)16-15-6/h2-3H,1H3,(H3,14,15,16). The van der Waals surface area contributed by atoms with Gasteiger partial charge < -0.3 is 5.73 Å². The van der Waals surface area contributed by atoms with Crippen LogP contribution in [0.25, 0.3) is 11.3 Å². The second-order valence-electron chi connectivity index (χ2n) is 3.38. The second-order valence-corrected chi connectivity index (χ2v) is 3.79. The Hall–Kier alpha value is -1.62. The summed E-state index contributed by atoms with van der Waals surface area (Å²) in [4.78, 5) is 0. The van der Waals surface area contributed by atoms with Gasteiger partial charge >= 0.3 is 0 Å². The van der Waals surface area contributed by atoms with Crippen molar-refractivity contribution in [3.05, 3.63) is 34.4 Å². The Morgan fingerprint density at radius 1 is 1.31 bits per heavy atom. The molecule has 2 aromatic rings. The number of rotatable bonds is 1. The number of aromatic nitrogens is 2. The summed E-state index contributed by atoms with van der Waals surface area (Å²) in [6, 6.07) is 2.58. The summed E-state index contributed by atoms with van der Waals surface area (Å²) >= 11 is 5.64. The molecule has 16 heavy (non-hydrogen) atoms. The summed E-state index contributed by atoms with van der Waals surface area (Å²) in [7, 11) is 0. The Bertz CT molecular complexity index is 525. The highest BCUT2D eigenvalue weighted by atomic mass is 35.5. The van der Waals surface area contributed by atoms with Crippen molar-refractivity contribution in [1.82, 2.24) is 10.2 Å². The van der Waals surface area contributed by atoms with E-state index in [9.17, 15) is 8.78 Å². The Morgan fingerprint density at radius 3 is 2.56 bits per heavy atom. The molecule has 0 unspecified atom stereocenters. The molecule has 84 valence electrons. The van der Waals surface area contributed by atoms with Crippen molar-refractivity contribution in [2.24, 2.45) is 0 Å². The molecule has 1 aromatic carbocycles. The van der Waals surface area contributed by atoms with Gasteiger partial charge in [0.2, 0.25) is 0 Å². The van der Waals surface area contributed by atoms with Crippen molar-refractivity contribution >= 4 is 17.4 Å². The molecule has 0 saturated heterocycles. The van der Waals surface area contributed by atoms with Crippen molar-refractivity contribution in [3.8, 4) is 11.3 Å². The summed E-state index contributed by atoms with van der Waals surface area (Å²) in [5.74, 6) is -1.34. The van der Waals surface area contributed by atoms with E-state index in [0.29, 0.717) is 0 Å². The molecule has 2 rings (SSSR count). The fourth-order valence-electron chi connectivity index (χ4n) is 1.43. The molecule has 0 aliphatic rings. The van der Waals surface area contributed by atoms with Gasteiger partial charge in [0.15, 0.2) is 5.82 Å². The fraction of sp³-hybridized carbons (Fsp3) is 0.100. The second kappa shape index (κ2) is 3.75. The van der Waals surface area contributed by atoms with Crippen LogP contribution in [0.4, 0.5) is 14.6 Å². The molecule has 0 spiro atoms. The molecule has 0 aliphatic heterocycles. The molecule has 0 atom stereocenters. The Balaban J connectivity index is 2.73. The third kappa shape index (κ3) is 1.63. The minimum Gasteiger partial charge on any atom is -0.382 e. The average Bonchev–Trinajstić information content (AvgIpc) is 2.62. The van der Waals surface area contributed by atoms with E-state index in [1.54, 1.807) is 0 Å². The van der Waals surface area contributed by atoms with Gasteiger partial charge in [-0.1, -0.05) is 11.6 Å². The number of anilines is 1. The lowest BCUT2D eigenvalue weighted by molar-refractivity contribution is 0.583. The van der Waals surface area contributed by atoms with Crippen LogP contribution < -0.4 is 5.73 Å². The summed E-state index contributed by atoms with van der Waals surface area (Å²) in [6.45, 7) is 1.50. The van der Waals surface area contributed by atoms with Crippen molar-refractivity contribution in [3.63, 3.8) is 0 Å². The van der Waals surface area contributed by atoms with Crippen molar-refractivity contribution in [1.29, 1.82) is 0 Å². The lowest BCUT2D eigenvalue weighted by Crippen LogP contribution is -1.95. The van der Waals surface area contributed by atoms with Crippen LogP contribution in [-0.4, -0.2) is 10.2 Å². The molecule has 0 fully saturated rings. The van der Waals surface area contributed by atoms with Gasteiger partial charge in [-0.05, 0) is 18.6 Å². The number of benzene rings is 1. The van der Waals surface area contributed by atoms with Crippen LogP contribution in [0.1, 0.15) is 5.56 Å². The topological polar surface area (TPSA) is 54.7 Å². The Morgan fingerprint density at radius 2 is 2.00 bits per heavy atom. The van der Waals surface area contributed by atoms with E-state index in [0.717, 1.165) is 0 Å². The Kier molecular flexibility index (Phi) is 2.55. The minimum atomic E-state index is -0.826. The van der Waals surface area contributed by atoms with E-state index in [1.165, 1.54) is 19.1 Å². The van der Waals surface area contributed by atoms with Gasteiger partial charge in [-0.15, -0.1) is 0 Å². The van der Waals surface area contributed by atoms with E-state index in [-0.39, 0.29) is 27.7 Å². The summed E-state index contributed by atoms with van der Waals surface area (Å²) in [5, 5.41) is 5.92. The zero-order valence-corrected chi connectivity index (χ0v) is 9.07. The predicted molar refractivity (Wildman–Crippen MR) is 58.1 cm³/mol. The van der Waals surface area contributed by atoms with E-state index in [1.807, 2.05) is 0 Å². The highest BCUT2D eigenvalue weighted by Gasteiger charge is 2.18. The van der Waals surface area contributed by atoms with Crippen LogP contribution in [0.3, 0.4) is 0 Å². The lowest BCUT2D eigenvalue weighted by Gasteiger charge is -2.06. The van der Waals surface area contributed by atoms with Gasteiger partial charge in [0.1, 0.15) is 11.6 Å². The smallest absolute Gasteiger partial charge is 0.154 e. The normalized spacial score (nSPS) is 10.8. The highest BCUT2D eigenvalue weighted by Crippen LogP contribution is 2.31. The largest absolute Gasteiger partial charge is 0.382 e. The Labute approximate surface area is 95.2 Å². The summed E-state index contributed by atoms with van der Waals surface area (Å²) in [6.07, 6.45) is 0. The first-order chi connectivity index (χ1) is 7.50. The number of halogens is 3. The number of aryl methyl sites for hydroxylation is 1. The predicted octanol–water partition coefficient (Wildman–Crippen LogP) is 2.90. The molecule has 0 amide bonds. The van der Waals surface area contributed by atoms with Crippen LogP contribution in [0, 0.1) is 18.6 Å². The fourth-order valence-corrected chi connectivity index (χ4v) is 1.69.